The van der Waals surface area contributed by atoms with Gasteiger partial charge in [-0.25, -0.2) is 4.99 Å². The number of hydrogen-bond donors (Lipinski definition) is 1. The molecule has 1 atom stereocenters. The van der Waals surface area contributed by atoms with Crippen molar-refractivity contribution in [1.82, 2.24) is 14.5 Å². The lowest BCUT2D eigenvalue weighted by molar-refractivity contribution is 0.668. The van der Waals surface area contributed by atoms with Crippen LogP contribution in [0.25, 0.3) is 82.7 Å². The molecule has 0 bridgehead atoms. The second-order valence-electron chi connectivity index (χ2n) is 15.8. The molecule has 3 heterocycles. The minimum Gasteiger partial charge on any atom is -0.344 e. The van der Waals surface area contributed by atoms with Crippen molar-refractivity contribution >= 4 is 55.4 Å². The minimum atomic E-state index is -0.343. The molecule has 12 rings (SSSR count). The van der Waals surface area contributed by atoms with Gasteiger partial charge in [-0.3, -0.25) is 4.57 Å². The van der Waals surface area contributed by atoms with Gasteiger partial charge in [-0.2, -0.15) is 4.99 Å². The Bertz CT molecular complexity index is 3510. The number of para-hydroxylation sites is 2. The molecule has 1 unspecified atom stereocenters. The van der Waals surface area contributed by atoms with E-state index in [-0.39, 0.29) is 6.17 Å². The fraction of sp³-hybridized carbons (Fsp3) is 0.0175. The molecule has 2 aromatic heterocycles. The van der Waals surface area contributed by atoms with E-state index in [9.17, 15) is 0 Å². The summed E-state index contributed by atoms with van der Waals surface area (Å²) in [6.07, 6.45) is -0.343. The second-order valence-corrected chi connectivity index (χ2v) is 15.8. The van der Waals surface area contributed by atoms with Gasteiger partial charge in [0.1, 0.15) is 12.0 Å². The van der Waals surface area contributed by atoms with E-state index in [1.165, 1.54) is 44.0 Å². The van der Waals surface area contributed by atoms with E-state index < -0.39 is 0 Å². The van der Waals surface area contributed by atoms with Crippen LogP contribution in [0, 0.1) is 0 Å². The normalized spacial score (nSPS) is 14.0. The predicted octanol–water partition coefficient (Wildman–Crippen LogP) is 13.8. The van der Waals surface area contributed by atoms with Gasteiger partial charge >= 0.3 is 0 Å². The van der Waals surface area contributed by atoms with Gasteiger partial charge in [0.25, 0.3) is 0 Å². The number of amidine groups is 1. The van der Waals surface area contributed by atoms with Crippen LogP contribution in [0.5, 0.6) is 0 Å². The number of fused-ring (bicyclic) bond motifs is 7. The molecule has 0 spiro atoms. The van der Waals surface area contributed by atoms with Crippen LogP contribution in [0.1, 0.15) is 17.3 Å². The summed E-state index contributed by atoms with van der Waals surface area (Å²) < 4.78 is 4.71. The third-order valence-corrected chi connectivity index (χ3v) is 12.2. The summed E-state index contributed by atoms with van der Waals surface area (Å²) in [7, 11) is 0. The topological polar surface area (TPSA) is 46.6 Å². The van der Waals surface area contributed by atoms with Crippen LogP contribution in [0.15, 0.2) is 234 Å². The predicted molar refractivity (Wildman–Crippen MR) is 258 cm³/mol. The van der Waals surface area contributed by atoms with Crippen LogP contribution in [-0.4, -0.2) is 20.9 Å². The lowest BCUT2D eigenvalue weighted by Crippen LogP contribution is -2.35. The van der Waals surface area contributed by atoms with Crippen molar-refractivity contribution in [3.05, 3.63) is 236 Å². The van der Waals surface area contributed by atoms with Crippen LogP contribution >= 0.6 is 0 Å². The molecule has 11 aromatic rings. The summed E-state index contributed by atoms with van der Waals surface area (Å²) in [6.45, 7) is 0. The molecule has 0 saturated heterocycles. The van der Waals surface area contributed by atoms with Gasteiger partial charge in [-0.05, 0) is 69.8 Å². The van der Waals surface area contributed by atoms with Gasteiger partial charge in [0.05, 0.1) is 27.8 Å². The standard InChI is InChI=1S/C57H39N5/c1-5-17-38(18-6-1)40-29-31-43(32-30-40)56-58-55(42-23-11-4-12-24-42)59-57(60-56)62-49-28-16-14-26-46(49)54-52(62)36-35-51-53(54)45-25-13-15-27-48(45)61(51)50-34-33-44(39-19-7-2-8-20-39)37-47(50)41-21-9-3-10-22-41/h1-37,55H,(H,58,59,60). The first-order valence-electron chi connectivity index (χ1n) is 21.1. The van der Waals surface area contributed by atoms with Gasteiger partial charge in [0.15, 0.2) is 0 Å². The molecule has 5 heteroatoms. The first-order valence-corrected chi connectivity index (χ1v) is 21.1. The van der Waals surface area contributed by atoms with Crippen molar-refractivity contribution in [2.24, 2.45) is 9.98 Å². The van der Waals surface area contributed by atoms with Crippen molar-refractivity contribution in [2.75, 3.05) is 0 Å². The molecule has 0 radical (unpaired) electrons. The van der Waals surface area contributed by atoms with Gasteiger partial charge in [0.2, 0.25) is 5.96 Å². The van der Waals surface area contributed by atoms with Crippen molar-refractivity contribution in [2.45, 2.75) is 6.17 Å². The van der Waals surface area contributed by atoms with Crippen LogP contribution in [0.2, 0.25) is 0 Å². The molecule has 0 saturated carbocycles. The number of aliphatic imine (C=N–C) groups is 2. The SMILES string of the molecule is c1ccc(-c2ccc(C3=NC(n4c5ccccc5c5c6c7ccccc7n(-c7ccc(-c8ccccc8)cc7-c7ccccc7)c6ccc54)=NC(c4ccccc4)N3)cc2)cc1. The zero-order chi connectivity index (χ0) is 41.0. The fourth-order valence-corrected chi connectivity index (χ4v) is 9.32. The fourth-order valence-electron chi connectivity index (χ4n) is 9.32. The first-order chi connectivity index (χ1) is 30.8. The van der Waals surface area contributed by atoms with Crippen LogP contribution in [0.3, 0.4) is 0 Å². The molecule has 1 aliphatic rings. The molecule has 0 fully saturated rings. The van der Waals surface area contributed by atoms with Gasteiger partial charge in [-0.1, -0.05) is 188 Å². The summed E-state index contributed by atoms with van der Waals surface area (Å²) >= 11 is 0. The van der Waals surface area contributed by atoms with Gasteiger partial charge in [0, 0.05) is 32.7 Å². The first kappa shape index (κ1) is 35.6. The molecule has 0 amide bonds. The van der Waals surface area contributed by atoms with Crippen molar-refractivity contribution in [1.29, 1.82) is 0 Å². The molecule has 0 aliphatic carbocycles. The lowest BCUT2D eigenvalue weighted by Gasteiger charge is -2.24. The largest absolute Gasteiger partial charge is 0.344 e. The number of nitrogens with zero attached hydrogens (tertiary/aromatic N) is 4. The quantitative estimate of drug-likeness (QED) is 0.179. The molecular weight excluding hydrogens is 755 g/mol. The maximum absolute atomic E-state index is 5.39. The summed E-state index contributed by atoms with van der Waals surface area (Å²) in [6, 6.07) is 79.9. The van der Waals surface area contributed by atoms with E-state index in [2.05, 4.69) is 227 Å². The Morgan fingerprint density at radius 2 is 0.839 bits per heavy atom. The zero-order valence-corrected chi connectivity index (χ0v) is 33.7. The summed E-state index contributed by atoms with van der Waals surface area (Å²) in [5.41, 5.74) is 14.7. The number of aromatic nitrogens is 2. The third kappa shape index (κ3) is 5.94. The van der Waals surface area contributed by atoms with E-state index in [1.807, 2.05) is 12.1 Å². The zero-order valence-electron chi connectivity index (χ0n) is 33.7. The maximum Gasteiger partial charge on any atom is 0.234 e. The molecule has 62 heavy (non-hydrogen) atoms. The second kappa shape index (κ2) is 14.8. The third-order valence-electron chi connectivity index (χ3n) is 12.2. The van der Waals surface area contributed by atoms with Gasteiger partial charge < -0.3 is 9.88 Å². The highest BCUT2D eigenvalue weighted by Gasteiger charge is 2.26. The lowest BCUT2D eigenvalue weighted by atomic mass is 9.97. The molecule has 9 aromatic carbocycles. The minimum absolute atomic E-state index is 0.343. The van der Waals surface area contributed by atoms with E-state index in [0.29, 0.717) is 5.96 Å². The Labute approximate surface area is 359 Å². The van der Waals surface area contributed by atoms with Crippen molar-refractivity contribution in [3.8, 4) is 39.1 Å². The highest BCUT2D eigenvalue weighted by molar-refractivity contribution is 6.30. The average Bonchev–Trinajstić information content (AvgIpc) is 3.88. The van der Waals surface area contributed by atoms with E-state index in [0.717, 1.165) is 55.7 Å². The monoisotopic (exact) mass is 793 g/mol. The molecular formula is C57H39N5. The Hall–Kier alpha value is -8.28. The number of hydrogen-bond acceptors (Lipinski definition) is 3. The van der Waals surface area contributed by atoms with E-state index >= 15 is 0 Å². The Balaban J connectivity index is 1.09. The van der Waals surface area contributed by atoms with Gasteiger partial charge in [-0.15, -0.1) is 0 Å². The molecule has 292 valence electrons. The van der Waals surface area contributed by atoms with Crippen LogP contribution in [0.4, 0.5) is 0 Å². The van der Waals surface area contributed by atoms with Crippen molar-refractivity contribution < 1.29 is 0 Å². The summed E-state index contributed by atoms with van der Waals surface area (Å²) in [5.74, 6) is 1.41. The van der Waals surface area contributed by atoms with E-state index in [4.69, 9.17) is 9.98 Å². The van der Waals surface area contributed by atoms with Crippen molar-refractivity contribution in [3.63, 3.8) is 0 Å². The Kier molecular flexibility index (Phi) is 8.49. The number of nitrogens with one attached hydrogen (secondary N) is 1. The van der Waals surface area contributed by atoms with Crippen LogP contribution in [-0.2, 0) is 0 Å². The number of benzene rings is 9. The van der Waals surface area contributed by atoms with Crippen LogP contribution < -0.4 is 5.32 Å². The summed E-state index contributed by atoms with van der Waals surface area (Å²) in [5, 5.41) is 8.41. The maximum atomic E-state index is 5.39. The highest BCUT2D eigenvalue weighted by atomic mass is 15.3. The smallest absolute Gasteiger partial charge is 0.234 e. The molecule has 1 N–H and O–H groups in total. The Morgan fingerprint density at radius 3 is 1.47 bits per heavy atom. The molecule has 1 aliphatic heterocycles. The number of rotatable bonds is 6. The average molecular weight is 794 g/mol. The highest BCUT2D eigenvalue weighted by Crippen LogP contribution is 2.43. The van der Waals surface area contributed by atoms with E-state index in [1.54, 1.807) is 0 Å². The summed E-state index contributed by atoms with van der Waals surface area (Å²) in [4.78, 5) is 10.7. The Morgan fingerprint density at radius 1 is 0.371 bits per heavy atom. The molecule has 5 nitrogen and oxygen atoms in total.